The van der Waals surface area contributed by atoms with Crippen LogP contribution < -0.4 is 4.90 Å². The molecule has 0 unspecified atom stereocenters. The molecule has 1 aromatic rings. The molecule has 0 spiro atoms. The van der Waals surface area contributed by atoms with Crippen molar-refractivity contribution < 1.29 is 19.5 Å². The maximum Gasteiger partial charge on any atom is 0.323 e. The lowest BCUT2D eigenvalue weighted by molar-refractivity contribution is -0.138. The molecule has 0 saturated carbocycles. The Hall–Kier alpha value is -2.89. The molecule has 6 nitrogen and oxygen atoms in total. The summed E-state index contributed by atoms with van der Waals surface area (Å²) in [6, 6.07) is 7.98. The summed E-state index contributed by atoms with van der Waals surface area (Å²) < 4.78 is 0. The zero-order chi connectivity index (χ0) is 20.7. The highest BCUT2D eigenvalue weighted by molar-refractivity contribution is 6.06. The number of anilines is 1. The van der Waals surface area contributed by atoms with Gasteiger partial charge in [-0.15, -0.1) is 0 Å². The van der Waals surface area contributed by atoms with Crippen molar-refractivity contribution in [3.63, 3.8) is 0 Å². The number of rotatable bonds is 4. The van der Waals surface area contributed by atoms with Crippen LogP contribution in [0.5, 0.6) is 0 Å². The number of carbonyl (C=O) groups excluding carboxylic acids is 2. The van der Waals surface area contributed by atoms with E-state index < -0.39 is 5.97 Å². The molecule has 1 aliphatic heterocycles. The quantitative estimate of drug-likeness (QED) is 0.845. The first kappa shape index (κ1) is 19.4. The fourth-order valence-corrected chi connectivity index (χ4v) is 4.84. The summed E-state index contributed by atoms with van der Waals surface area (Å²) in [5, 5.41) is 9.48. The minimum atomic E-state index is -0.950. The summed E-state index contributed by atoms with van der Waals surface area (Å²) in [6.45, 7) is -0.204. The molecule has 0 atom stereocenters. The Morgan fingerprint density at radius 3 is 1.93 bits per heavy atom. The van der Waals surface area contributed by atoms with Gasteiger partial charge in [-0.2, -0.15) is 0 Å². The van der Waals surface area contributed by atoms with Crippen LogP contribution in [-0.2, 0) is 14.4 Å². The topological polar surface area (TPSA) is 77.9 Å². The van der Waals surface area contributed by atoms with Crippen LogP contribution in [0.15, 0.2) is 46.8 Å². The first-order valence-electron chi connectivity index (χ1n) is 10.2. The maximum atomic E-state index is 13.0. The van der Waals surface area contributed by atoms with Crippen LogP contribution in [-0.4, -0.2) is 48.2 Å². The Kier molecular flexibility index (Phi) is 5.03. The SMILES string of the molecule is CN(C)c1ccc(C2C3=C(CCCC3=O)N(CC(=O)O)C3=C2C(=O)CCC3)cc1. The number of benzene rings is 1. The molecule has 29 heavy (non-hydrogen) atoms. The zero-order valence-corrected chi connectivity index (χ0v) is 16.9. The highest BCUT2D eigenvalue weighted by atomic mass is 16.4. The van der Waals surface area contributed by atoms with Crippen molar-refractivity contribution in [2.75, 3.05) is 25.5 Å². The van der Waals surface area contributed by atoms with Crippen LogP contribution >= 0.6 is 0 Å². The Bertz CT molecular complexity index is 896. The van der Waals surface area contributed by atoms with E-state index in [0.717, 1.165) is 35.5 Å². The van der Waals surface area contributed by atoms with Gasteiger partial charge in [-0.05, 0) is 43.4 Å². The van der Waals surface area contributed by atoms with Crippen molar-refractivity contribution in [1.82, 2.24) is 4.90 Å². The largest absolute Gasteiger partial charge is 0.480 e. The number of aliphatic carboxylic acids is 1. The lowest BCUT2D eigenvalue weighted by atomic mass is 9.71. The minimum Gasteiger partial charge on any atom is -0.480 e. The van der Waals surface area contributed by atoms with Gasteiger partial charge in [-0.1, -0.05) is 12.1 Å². The van der Waals surface area contributed by atoms with Crippen LogP contribution in [0, 0.1) is 0 Å². The van der Waals surface area contributed by atoms with E-state index in [1.165, 1.54) is 0 Å². The Balaban J connectivity index is 1.91. The summed E-state index contributed by atoms with van der Waals surface area (Å²) in [5.41, 5.74) is 4.84. The van der Waals surface area contributed by atoms with Crippen molar-refractivity contribution in [1.29, 1.82) is 0 Å². The lowest BCUT2D eigenvalue weighted by Gasteiger charge is -2.43. The fraction of sp³-hybridized carbons (Fsp3) is 0.435. The second kappa shape index (κ2) is 7.50. The molecule has 0 amide bonds. The molecule has 0 saturated heterocycles. The van der Waals surface area contributed by atoms with Gasteiger partial charge in [0.2, 0.25) is 0 Å². The molecule has 2 aliphatic carbocycles. The second-order valence-electron chi connectivity index (χ2n) is 8.17. The molecule has 6 heteroatoms. The third-order valence-electron chi connectivity index (χ3n) is 6.12. The second-order valence-corrected chi connectivity index (χ2v) is 8.17. The molecule has 152 valence electrons. The Morgan fingerprint density at radius 2 is 1.48 bits per heavy atom. The summed E-state index contributed by atoms with van der Waals surface area (Å²) in [6.07, 6.45) is 3.68. The number of carboxylic acid groups (broad SMARTS) is 1. The molecule has 1 N–H and O–H groups in total. The van der Waals surface area contributed by atoms with Crippen LogP contribution in [0.2, 0.25) is 0 Å². The van der Waals surface area contributed by atoms with Gasteiger partial charge in [0, 0.05) is 61.1 Å². The van der Waals surface area contributed by atoms with Crippen LogP contribution in [0.4, 0.5) is 5.69 Å². The zero-order valence-electron chi connectivity index (χ0n) is 16.9. The van der Waals surface area contributed by atoms with Gasteiger partial charge < -0.3 is 14.9 Å². The first-order valence-corrected chi connectivity index (χ1v) is 10.2. The van der Waals surface area contributed by atoms with Crippen molar-refractivity contribution in [2.24, 2.45) is 0 Å². The number of hydrogen-bond acceptors (Lipinski definition) is 5. The van der Waals surface area contributed by atoms with Crippen molar-refractivity contribution in [3.05, 3.63) is 52.4 Å². The Morgan fingerprint density at radius 1 is 0.966 bits per heavy atom. The third-order valence-corrected chi connectivity index (χ3v) is 6.12. The first-order chi connectivity index (χ1) is 13.9. The summed E-state index contributed by atoms with van der Waals surface area (Å²) in [7, 11) is 3.94. The molecule has 1 aromatic carbocycles. The molecule has 0 radical (unpaired) electrons. The van der Waals surface area contributed by atoms with Gasteiger partial charge in [0.25, 0.3) is 0 Å². The maximum absolute atomic E-state index is 13.0. The standard InChI is InChI=1S/C23H26N2O4/c1-24(2)15-11-9-14(10-12-15)21-22-16(5-3-7-18(22)26)25(13-20(28)29)17-6-4-8-19(27)23(17)21/h9-12,21H,3-8,13H2,1-2H3,(H,28,29). The molecule has 4 rings (SSSR count). The van der Waals surface area contributed by atoms with Gasteiger partial charge in [-0.25, -0.2) is 0 Å². The van der Waals surface area contributed by atoms with E-state index in [0.29, 0.717) is 36.8 Å². The van der Waals surface area contributed by atoms with Crippen molar-refractivity contribution in [3.8, 4) is 0 Å². The number of hydrogen-bond donors (Lipinski definition) is 1. The fourth-order valence-electron chi connectivity index (χ4n) is 4.84. The smallest absolute Gasteiger partial charge is 0.323 e. The van der Waals surface area contributed by atoms with Crippen LogP contribution in [0.3, 0.4) is 0 Å². The van der Waals surface area contributed by atoms with Gasteiger partial charge in [0.1, 0.15) is 6.54 Å². The Labute approximate surface area is 170 Å². The number of nitrogens with zero attached hydrogens (tertiary/aromatic N) is 2. The van der Waals surface area contributed by atoms with Gasteiger partial charge in [0.05, 0.1) is 0 Å². The number of Topliss-reactive ketones (excluding diaryl/α,β-unsaturated/α-hetero) is 2. The number of carbonyl (C=O) groups is 3. The molecule has 1 heterocycles. The van der Waals surface area contributed by atoms with E-state index in [9.17, 15) is 19.5 Å². The van der Waals surface area contributed by atoms with E-state index >= 15 is 0 Å². The van der Waals surface area contributed by atoms with Gasteiger partial charge >= 0.3 is 5.97 Å². The molecule has 0 bridgehead atoms. The number of carboxylic acids is 1. The van der Waals surface area contributed by atoms with Gasteiger partial charge in [0.15, 0.2) is 11.6 Å². The molecule has 0 fully saturated rings. The van der Waals surface area contributed by atoms with Crippen LogP contribution in [0.1, 0.15) is 50.0 Å². The number of allylic oxidation sites excluding steroid dienone is 4. The third kappa shape index (κ3) is 3.37. The molecular formula is C23H26N2O4. The number of ketones is 2. The summed E-state index contributed by atoms with van der Waals surface area (Å²) in [4.78, 5) is 41.4. The monoisotopic (exact) mass is 394 g/mol. The average molecular weight is 394 g/mol. The highest BCUT2D eigenvalue weighted by Gasteiger charge is 2.43. The van der Waals surface area contributed by atoms with E-state index in [-0.39, 0.29) is 24.0 Å². The predicted octanol–water partition coefficient (Wildman–Crippen LogP) is 3.25. The van der Waals surface area contributed by atoms with Gasteiger partial charge in [-0.3, -0.25) is 14.4 Å². The summed E-state index contributed by atoms with van der Waals surface area (Å²) in [5.74, 6) is -1.27. The van der Waals surface area contributed by atoms with E-state index in [1.807, 2.05) is 43.3 Å². The van der Waals surface area contributed by atoms with E-state index in [1.54, 1.807) is 4.90 Å². The average Bonchev–Trinajstić information content (AvgIpc) is 2.69. The van der Waals surface area contributed by atoms with Crippen molar-refractivity contribution >= 4 is 23.2 Å². The lowest BCUT2D eigenvalue weighted by Crippen LogP contribution is -2.41. The molecular weight excluding hydrogens is 368 g/mol. The molecule has 3 aliphatic rings. The summed E-state index contributed by atoms with van der Waals surface area (Å²) >= 11 is 0. The van der Waals surface area contributed by atoms with E-state index in [2.05, 4.69) is 0 Å². The molecule has 0 aromatic heterocycles. The normalized spacial score (nSPS) is 20.0. The highest BCUT2D eigenvalue weighted by Crippen LogP contribution is 2.49. The van der Waals surface area contributed by atoms with Crippen LogP contribution in [0.25, 0.3) is 0 Å². The minimum absolute atomic E-state index is 0.0354. The predicted molar refractivity (Wildman–Crippen MR) is 110 cm³/mol. The van der Waals surface area contributed by atoms with E-state index in [4.69, 9.17) is 0 Å². The van der Waals surface area contributed by atoms with Crippen molar-refractivity contribution in [2.45, 2.75) is 44.4 Å².